The third-order valence-corrected chi connectivity index (χ3v) is 1.59. The molecule has 0 amide bonds. The van der Waals surface area contributed by atoms with Crippen LogP contribution in [-0.2, 0) is 9.53 Å². The summed E-state index contributed by atoms with van der Waals surface area (Å²) in [6, 6.07) is 0. The third-order valence-electron chi connectivity index (χ3n) is 1.59. The van der Waals surface area contributed by atoms with Gasteiger partial charge in [-0.05, 0) is 6.08 Å². The average molecular weight is 156 g/mol. The van der Waals surface area contributed by atoms with Crippen LogP contribution in [0.4, 0.5) is 0 Å². The normalized spacial score (nSPS) is 28.9. The molecule has 0 bridgehead atoms. The molecule has 1 aliphatic rings. The molecule has 1 rings (SSSR count). The minimum atomic E-state index is -0.440. The number of carbonyl (C=O) groups excluding carboxylic acids is 1. The first-order chi connectivity index (χ1) is 5.22. The van der Waals surface area contributed by atoms with Crippen molar-refractivity contribution in [3.8, 4) is 0 Å². The van der Waals surface area contributed by atoms with Gasteiger partial charge in [-0.15, -0.1) is 0 Å². The van der Waals surface area contributed by atoms with Gasteiger partial charge in [-0.3, -0.25) is 4.79 Å². The maximum atomic E-state index is 10.7. The van der Waals surface area contributed by atoms with Crippen molar-refractivity contribution in [3.63, 3.8) is 0 Å². The molecule has 0 saturated heterocycles. The second-order valence-corrected chi connectivity index (χ2v) is 2.57. The van der Waals surface area contributed by atoms with E-state index in [4.69, 9.17) is 9.84 Å². The van der Waals surface area contributed by atoms with Crippen molar-refractivity contribution in [2.45, 2.75) is 32.0 Å². The van der Waals surface area contributed by atoms with E-state index in [-0.39, 0.29) is 12.1 Å². The lowest BCUT2D eigenvalue weighted by atomic mass is 10.3. The zero-order valence-electron chi connectivity index (χ0n) is 6.49. The summed E-state index contributed by atoms with van der Waals surface area (Å²) in [7, 11) is 0. The minimum absolute atomic E-state index is 0.211. The van der Waals surface area contributed by atoms with Crippen LogP contribution in [0.2, 0.25) is 0 Å². The molecule has 62 valence electrons. The monoisotopic (exact) mass is 156 g/mol. The summed E-state index contributed by atoms with van der Waals surface area (Å²) in [6.45, 7) is 1.75. The van der Waals surface area contributed by atoms with Crippen LogP contribution in [0.1, 0.15) is 19.8 Å². The Morgan fingerprint density at radius 3 is 2.91 bits per heavy atom. The van der Waals surface area contributed by atoms with Crippen LogP contribution in [0.5, 0.6) is 0 Å². The van der Waals surface area contributed by atoms with Crippen LogP contribution in [0.25, 0.3) is 0 Å². The molecule has 1 N–H and O–H groups in total. The van der Waals surface area contributed by atoms with E-state index in [1.165, 1.54) is 0 Å². The molecule has 1 aliphatic carbocycles. The number of ether oxygens (including phenoxy) is 1. The number of esters is 1. The van der Waals surface area contributed by atoms with Crippen LogP contribution in [-0.4, -0.2) is 23.3 Å². The van der Waals surface area contributed by atoms with Crippen molar-refractivity contribution in [3.05, 3.63) is 12.2 Å². The van der Waals surface area contributed by atoms with Crippen molar-refractivity contribution < 1.29 is 14.6 Å². The lowest BCUT2D eigenvalue weighted by Crippen LogP contribution is -2.15. The summed E-state index contributed by atoms with van der Waals surface area (Å²) in [5.41, 5.74) is 0. The second-order valence-electron chi connectivity index (χ2n) is 2.57. The Bertz CT molecular complexity index is 174. The second kappa shape index (κ2) is 3.53. The third kappa shape index (κ3) is 2.35. The number of aliphatic hydroxyl groups is 1. The van der Waals surface area contributed by atoms with Crippen LogP contribution in [0, 0.1) is 0 Å². The van der Waals surface area contributed by atoms with Crippen molar-refractivity contribution in [2.24, 2.45) is 0 Å². The Balaban J connectivity index is 2.29. The standard InChI is InChI=1S/C8H12O3/c1-2-8(10)11-7-4-3-6(9)5-7/h3-4,6-7,9H,2,5H2,1H3/t6-,7+/m0/s1. The van der Waals surface area contributed by atoms with E-state index in [9.17, 15) is 4.79 Å². The van der Waals surface area contributed by atoms with Gasteiger partial charge in [0.2, 0.25) is 0 Å². The van der Waals surface area contributed by atoms with Gasteiger partial charge in [0.1, 0.15) is 6.10 Å². The number of rotatable bonds is 2. The quantitative estimate of drug-likeness (QED) is 0.471. The Morgan fingerprint density at radius 2 is 2.45 bits per heavy atom. The van der Waals surface area contributed by atoms with E-state index in [0.717, 1.165) is 0 Å². The van der Waals surface area contributed by atoms with Crippen LogP contribution >= 0.6 is 0 Å². The molecule has 3 heteroatoms. The molecule has 0 spiro atoms. The van der Waals surface area contributed by atoms with Gasteiger partial charge in [0, 0.05) is 12.8 Å². The smallest absolute Gasteiger partial charge is 0.306 e. The number of aliphatic hydroxyl groups excluding tert-OH is 1. The lowest BCUT2D eigenvalue weighted by molar-refractivity contribution is -0.146. The highest BCUT2D eigenvalue weighted by Crippen LogP contribution is 2.14. The Labute approximate surface area is 65.7 Å². The number of hydrogen-bond acceptors (Lipinski definition) is 3. The molecular weight excluding hydrogens is 144 g/mol. The molecule has 0 aromatic carbocycles. The molecular formula is C8H12O3. The molecule has 3 nitrogen and oxygen atoms in total. The molecule has 0 aliphatic heterocycles. The zero-order valence-corrected chi connectivity index (χ0v) is 6.49. The maximum absolute atomic E-state index is 10.7. The van der Waals surface area contributed by atoms with Gasteiger partial charge in [0.05, 0.1) is 6.10 Å². The van der Waals surface area contributed by atoms with E-state index in [2.05, 4.69) is 0 Å². The first-order valence-electron chi connectivity index (χ1n) is 3.78. The average Bonchev–Trinajstić information content (AvgIpc) is 2.35. The Hall–Kier alpha value is -0.830. The fourth-order valence-corrected chi connectivity index (χ4v) is 0.987. The minimum Gasteiger partial charge on any atom is -0.458 e. The number of hydrogen-bond donors (Lipinski definition) is 1. The predicted octanol–water partition coefficient (Wildman–Crippen LogP) is 0.629. The molecule has 0 aromatic heterocycles. The summed E-state index contributed by atoms with van der Waals surface area (Å²) in [5.74, 6) is -0.214. The van der Waals surface area contributed by atoms with Crippen molar-refractivity contribution in [2.75, 3.05) is 0 Å². The van der Waals surface area contributed by atoms with E-state index in [1.807, 2.05) is 0 Å². The fraction of sp³-hybridized carbons (Fsp3) is 0.625. The largest absolute Gasteiger partial charge is 0.458 e. The Morgan fingerprint density at radius 1 is 1.73 bits per heavy atom. The highest BCUT2D eigenvalue weighted by Gasteiger charge is 2.19. The predicted molar refractivity (Wildman–Crippen MR) is 39.9 cm³/mol. The van der Waals surface area contributed by atoms with Gasteiger partial charge < -0.3 is 9.84 Å². The van der Waals surface area contributed by atoms with Crippen LogP contribution in [0.15, 0.2) is 12.2 Å². The molecule has 0 radical (unpaired) electrons. The van der Waals surface area contributed by atoms with Crippen molar-refractivity contribution in [1.29, 1.82) is 0 Å². The summed E-state index contributed by atoms with van der Waals surface area (Å²) >= 11 is 0. The van der Waals surface area contributed by atoms with E-state index < -0.39 is 6.10 Å². The van der Waals surface area contributed by atoms with Gasteiger partial charge in [-0.2, -0.15) is 0 Å². The number of carbonyl (C=O) groups is 1. The lowest BCUT2D eigenvalue weighted by Gasteiger charge is -2.09. The molecule has 0 fully saturated rings. The van der Waals surface area contributed by atoms with Gasteiger partial charge in [-0.25, -0.2) is 0 Å². The van der Waals surface area contributed by atoms with Crippen molar-refractivity contribution in [1.82, 2.24) is 0 Å². The highest BCUT2D eigenvalue weighted by atomic mass is 16.5. The molecule has 0 heterocycles. The van der Waals surface area contributed by atoms with Gasteiger partial charge in [-0.1, -0.05) is 13.0 Å². The fourth-order valence-electron chi connectivity index (χ4n) is 0.987. The maximum Gasteiger partial charge on any atom is 0.306 e. The van der Waals surface area contributed by atoms with Crippen LogP contribution < -0.4 is 0 Å². The Kier molecular flexibility index (Phi) is 2.65. The summed E-state index contributed by atoms with van der Waals surface area (Å²) in [6.07, 6.45) is 3.61. The molecule has 11 heavy (non-hydrogen) atoms. The molecule has 2 atom stereocenters. The SMILES string of the molecule is CCC(=O)O[C@@H]1C=C[C@H](O)C1. The summed E-state index contributed by atoms with van der Waals surface area (Å²) < 4.78 is 4.95. The van der Waals surface area contributed by atoms with E-state index in [0.29, 0.717) is 12.8 Å². The van der Waals surface area contributed by atoms with Crippen molar-refractivity contribution >= 4 is 5.97 Å². The first kappa shape index (κ1) is 8.27. The van der Waals surface area contributed by atoms with E-state index in [1.54, 1.807) is 19.1 Å². The molecule has 0 saturated carbocycles. The molecule has 0 aromatic rings. The van der Waals surface area contributed by atoms with Gasteiger partial charge in [0.15, 0.2) is 0 Å². The van der Waals surface area contributed by atoms with Gasteiger partial charge >= 0.3 is 5.97 Å². The zero-order chi connectivity index (χ0) is 8.27. The highest BCUT2D eigenvalue weighted by molar-refractivity contribution is 5.69. The van der Waals surface area contributed by atoms with Crippen LogP contribution in [0.3, 0.4) is 0 Å². The topological polar surface area (TPSA) is 46.5 Å². The summed E-state index contributed by atoms with van der Waals surface area (Å²) in [4.78, 5) is 10.7. The summed E-state index contributed by atoms with van der Waals surface area (Å²) in [5, 5.41) is 9.01. The first-order valence-corrected chi connectivity index (χ1v) is 3.78. The van der Waals surface area contributed by atoms with Gasteiger partial charge in [0.25, 0.3) is 0 Å². The van der Waals surface area contributed by atoms with E-state index >= 15 is 0 Å². The molecule has 0 unspecified atom stereocenters.